The molecule has 3 aliphatic carbocycles. The van der Waals surface area contributed by atoms with Crippen LogP contribution in [0.3, 0.4) is 0 Å². The third-order valence-corrected chi connectivity index (χ3v) is 10.7. The normalized spacial score (nSPS) is 28.8. The molecule has 47 heavy (non-hydrogen) atoms. The molecule has 12 nitrogen and oxygen atoms in total. The minimum absolute atomic E-state index is 0.0990. The quantitative estimate of drug-likeness (QED) is 0.245. The van der Waals surface area contributed by atoms with Crippen LogP contribution in [-0.4, -0.2) is 78.5 Å². The number of sulfone groups is 1. The number of hydrogen-bond donors (Lipinski definition) is 5. The van der Waals surface area contributed by atoms with Gasteiger partial charge in [-0.2, -0.15) is 13.2 Å². The lowest BCUT2D eigenvalue weighted by atomic mass is 9.80. The number of methoxy groups -OCH3 is 1. The van der Waals surface area contributed by atoms with Gasteiger partial charge in [0.25, 0.3) is 15.7 Å². The number of ether oxygens (including phenoxy) is 2. The van der Waals surface area contributed by atoms with Crippen molar-refractivity contribution in [3.05, 3.63) is 47.8 Å². The number of nitrogens with one attached hydrogen (secondary N) is 2. The molecule has 6 atom stereocenters. The van der Waals surface area contributed by atoms with Gasteiger partial charge in [0.05, 0.1) is 47.7 Å². The van der Waals surface area contributed by atoms with E-state index in [0.717, 1.165) is 18.2 Å². The van der Waals surface area contributed by atoms with E-state index in [2.05, 4.69) is 10.6 Å². The summed E-state index contributed by atoms with van der Waals surface area (Å²) in [6, 6.07) is 4.44. The van der Waals surface area contributed by atoms with E-state index >= 15 is 0 Å². The molecule has 0 aromatic heterocycles. The Morgan fingerprint density at radius 3 is 2.23 bits per heavy atom. The second-order valence-corrected chi connectivity index (χ2v) is 13.9. The first-order valence-electron chi connectivity index (χ1n) is 14.7. The van der Waals surface area contributed by atoms with Gasteiger partial charge in [-0.3, -0.25) is 14.4 Å². The summed E-state index contributed by atoms with van der Waals surface area (Å²) in [5, 5.41) is 35.4. The Balaban J connectivity index is 1.37. The number of carboxylic acid groups (broad SMARTS) is 1. The molecule has 0 heterocycles. The van der Waals surface area contributed by atoms with Gasteiger partial charge in [0.15, 0.2) is 11.6 Å². The number of aliphatic hydroxyl groups is 2. The highest BCUT2D eigenvalue weighted by atomic mass is 32.2. The summed E-state index contributed by atoms with van der Waals surface area (Å²) in [4.78, 5) is 37.3. The number of alkyl halides is 3. The Morgan fingerprint density at radius 1 is 0.957 bits per heavy atom. The average Bonchev–Trinajstić information content (AvgIpc) is 3.52. The summed E-state index contributed by atoms with van der Waals surface area (Å²) in [6.07, 6.45) is -1.76. The van der Waals surface area contributed by atoms with E-state index in [-0.39, 0.29) is 29.2 Å². The number of aliphatic hydroxyl groups excluding tert-OH is 2. The van der Waals surface area contributed by atoms with Gasteiger partial charge in [0, 0.05) is 29.6 Å². The number of fused-ring (bicyclic) bond motifs is 2. The van der Waals surface area contributed by atoms with Crippen molar-refractivity contribution < 1.29 is 65.2 Å². The van der Waals surface area contributed by atoms with Crippen LogP contribution in [0.15, 0.2) is 41.3 Å². The van der Waals surface area contributed by atoms with Crippen molar-refractivity contribution in [3.63, 3.8) is 0 Å². The lowest BCUT2D eigenvalue weighted by Crippen LogP contribution is -2.55. The van der Waals surface area contributed by atoms with E-state index in [1.165, 1.54) is 13.2 Å². The van der Waals surface area contributed by atoms with Crippen LogP contribution in [0.5, 0.6) is 11.5 Å². The maximum absolute atomic E-state index is 15.0. The molecule has 2 amide bonds. The maximum Gasteiger partial charge on any atom is 0.501 e. The summed E-state index contributed by atoms with van der Waals surface area (Å²) in [6.45, 7) is 0. The fourth-order valence-electron chi connectivity index (χ4n) is 6.81. The first kappa shape index (κ1) is 34.4. The molecule has 2 aromatic rings. The number of benzene rings is 2. The Bertz CT molecular complexity index is 1660. The average molecular weight is 689 g/mol. The number of aliphatic carboxylic acids is 1. The highest BCUT2D eigenvalue weighted by Crippen LogP contribution is 2.49. The maximum atomic E-state index is 15.0. The molecule has 5 N–H and O–H groups in total. The van der Waals surface area contributed by atoms with Crippen LogP contribution in [0.2, 0.25) is 0 Å². The number of carboxylic acids is 1. The number of halogens is 4. The van der Waals surface area contributed by atoms with Gasteiger partial charge in [-0.15, -0.1) is 0 Å². The molecule has 3 saturated carbocycles. The number of amides is 2. The Morgan fingerprint density at radius 2 is 1.62 bits per heavy atom. The fourth-order valence-corrected chi connectivity index (χ4v) is 7.62. The number of carbonyl (C=O) groups excluding carboxylic acids is 2. The van der Waals surface area contributed by atoms with Crippen LogP contribution in [0.4, 0.5) is 23.2 Å². The summed E-state index contributed by atoms with van der Waals surface area (Å²) < 4.78 is 89.0. The lowest BCUT2D eigenvalue weighted by molar-refractivity contribution is -0.143. The van der Waals surface area contributed by atoms with Crippen molar-refractivity contribution in [3.8, 4) is 11.5 Å². The molecule has 0 saturated heterocycles. The number of carbonyl (C=O) groups is 3. The minimum Gasteiger partial charge on any atom is -0.496 e. The zero-order valence-electron chi connectivity index (χ0n) is 24.7. The molecule has 5 rings (SSSR count). The van der Waals surface area contributed by atoms with E-state index in [0.29, 0.717) is 37.8 Å². The molecule has 0 aliphatic heterocycles. The van der Waals surface area contributed by atoms with Gasteiger partial charge in [0.1, 0.15) is 5.75 Å². The first-order valence-corrected chi connectivity index (χ1v) is 16.2. The van der Waals surface area contributed by atoms with E-state index in [1.54, 1.807) is 0 Å². The predicted octanol–water partition coefficient (Wildman–Crippen LogP) is 2.87. The van der Waals surface area contributed by atoms with Gasteiger partial charge in [-0.1, -0.05) is 6.07 Å². The molecule has 0 radical (unpaired) electrons. The van der Waals surface area contributed by atoms with Crippen molar-refractivity contribution in [2.75, 3.05) is 12.4 Å². The molecule has 3 aliphatic rings. The third kappa shape index (κ3) is 6.60. The van der Waals surface area contributed by atoms with Crippen LogP contribution in [0, 0.1) is 29.5 Å². The van der Waals surface area contributed by atoms with E-state index < -0.39 is 91.9 Å². The predicted molar refractivity (Wildman–Crippen MR) is 154 cm³/mol. The first-order chi connectivity index (χ1) is 22.0. The third-order valence-electron chi connectivity index (χ3n) is 9.21. The SMILES string of the molecule is COc1cc(F)c(OC2CCC(C(=O)O)CC2)cc1C(=O)N[C@@H]1[C@@H]2C[C@@H]([C@@H](O)[C@H]2O)[C@@H]1C(=O)Nc1cccc(S(=O)(=O)C(F)(F)F)c1. The minimum atomic E-state index is -5.72. The van der Waals surface area contributed by atoms with Gasteiger partial charge >= 0.3 is 11.5 Å². The lowest BCUT2D eigenvalue weighted by Gasteiger charge is -2.36. The van der Waals surface area contributed by atoms with Crippen LogP contribution in [0.25, 0.3) is 0 Å². The van der Waals surface area contributed by atoms with Gasteiger partial charge in [-0.05, 0) is 56.4 Å². The number of hydrogen-bond acceptors (Lipinski definition) is 9. The second kappa shape index (κ2) is 12.9. The highest BCUT2D eigenvalue weighted by Gasteiger charge is 2.60. The van der Waals surface area contributed by atoms with Crippen molar-refractivity contribution >= 4 is 33.3 Å². The molecule has 2 bridgehead atoms. The highest BCUT2D eigenvalue weighted by molar-refractivity contribution is 7.92. The molecule has 0 unspecified atom stereocenters. The molecule has 256 valence electrons. The molecule has 2 aromatic carbocycles. The van der Waals surface area contributed by atoms with Crippen LogP contribution in [-0.2, 0) is 19.4 Å². The molecule has 0 spiro atoms. The van der Waals surface area contributed by atoms with Crippen molar-refractivity contribution in [2.24, 2.45) is 23.7 Å². The van der Waals surface area contributed by atoms with Crippen LogP contribution < -0.4 is 20.1 Å². The molecular weight excluding hydrogens is 656 g/mol. The van der Waals surface area contributed by atoms with Gasteiger partial charge < -0.3 is 35.4 Å². The smallest absolute Gasteiger partial charge is 0.496 e. The standard InChI is InChI=1S/C30H32F4N2O10S/c1-45-21-12-20(31)22(46-15-7-5-13(6-8-15)29(41)42)11-17(21)27(39)36-24-19-10-18(25(37)26(19)38)23(24)28(40)35-14-3-2-4-16(9-14)47(43,44)30(32,33)34/h2-4,9,11-13,15,18-19,23-26,37-38H,5-8,10H2,1H3,(H,35,40)(H,36,39)(H,41,42)/t13?,15?,18-,19+,23+,24-,25-,26+/m1/s1. The zero-order chi connectivity index (χ0) is 34.4. The Hall–Kier alpha value is -3.96. The van der Waals surface area contributed by atoms with E-state index in [9.17, 15) is 55.7 Å². The Kier molecular flexibility index (Phi) is 9.45. The monoisotopic (exact) mass is 688 g/mol. The van der Waals surface area contributed by atoms with Gasteiger partial charge in [-0.25, -0.2) is 12.8 Å². The van der Waals surface area contributed by atoms with E-state index in [4.69, 9.17) is 9.47 Å². The van der Waals surface area contributed by atoms with Crippen LogP contribution >= 0.6 is 0 Å². The second-order valence-electron chi connectivity index (χ2n) is 11.9. The van der Waals surface area contributed by atoms with Gasteiger partial charge in [0.2, 0.25) is 5.91 Å². The molecular formula is C30H32F4N2O10S. The van der Waals surface area contributed by atoms with Crippen molar-refractivity contribution in [1.29, 1.82) is 0 Å². The summed E-state index contributed by atoms with van der Waals surface area (Å²) in [5.74, 6) is -7.40. The van der Waals surface area contributed by atoms with Crippen molar-refractivity contribution in [1.82, 2.24) is 5.32 Å². The molecule has 3 fully saturated rings. The van der Waals surface area contributed by atoms with Crippen LogP contribution in [0.1, 0.15) is 42.5 Å². The van der Waals surface area contributed by atoms with Crippen molar-refractivity contribution in [2.45, 2.75) is 66.9 Å². The Labute approximate surface area is 266 Å². The number of anilines is 1. The fraction of sp³-hybridized carbons (Fsp3) is 0.500. The molecule has 17 heteroatoms. The van der Waals surface area contributed by atoms with E-state index in [1.807, 2.05) is 0 Å². The summed E-state index contributed by atoms with van der Waals surface area (Å²) >= 11 is 0. The number of rotatable bonds is 9. The topological polar surface area (TPSA) is 189 Å². The largest absolute Gasteiger partial charge is 0.501 e. The summed E-state index contributed by atoms with van der Waals surface area (Å²) in [5.41, 5.74) is -6.06. The summed E-state index contributed by atoms with van der Waals surface area (Å²) in [7, 11) is -4.52. The zero-order valence-corrected chi connectivity index (χ0v) is 25.6.